The van der Waals surface area contributed by atoms with E-state index in [0.29, 0.717) is 11.3 Å². The topological polar surface area (TPSA) is 81.1 Å². The normalized spacial score (nSPS) is 11.4. The minimum atomic E-state index is -3.96. The molecule has 0 bridgehead atoms. The fraction of sp³-hybridized carbons (Fsp3) is 0.200. The Kier molecular flexibility index (Phi) is 5.60. The summed E-state index contributed by atoms with van der Waals surface area (Å²) < 4.78 is 39.9. The van der Waals surface area contributed by atoms with E-state index >= 15 is 0 Å². The molecule has 1 amide bonds. The second-order valence-electron chi connectivity index (χ2n) is 6.53. The summed E-state index contributed by atoms with van der Waals surface area (Å²) in [5.41, 5.74) is 3.24. The predicted octanol–water partition coefficient (Wildman–Crippen LogP) is 2.72. The van der Waals surface area contributed by atoms with Gasteiger partial charge in [-0.1, -0.05) is 24.3 Å². The van der Waals surface area contributed by atoms with Crippen LogP contribution in [0, 0.1) is 19.7 Å². The van der Waals surface area contributed by atoms with E-state index in [1.165, 1.54) is 35.0 Å². The van der Waals surface area contributed by atoms with E-state index in [2.05, 4.69) is 10.3 Å². The van der Waals surface area contributed by atoms with Gasteiger partial charge in [0.25, 0.3) is 0 Å². The molecule has 146 valence electrons. The van der Waals surface area contributed by atoms with E-state index in [1.54, 1.807) is 6.20 Å². The van der Waals surface area contributed by atoms with Gasteiger partial charge in [0.2, 0.25) is 20.9 Å². The number of sulfone groups is 1. The zero-order valence-corrected chi connectivity index (χ0v) is 16.3. The number of benzene rings is 2. The first-order valence-corrected chi connectivity index (χ1v) is 10.3. The number of carbonyl (C=O) groups excluding carboxylic acids is 1. The molecular weight excluding hydrogens is 381 g/mol. The Labute approximate surface area is 163 Å². The summed E-state index contributed by atoms with van der Waals surface area (Å²) >= 11 is 0. The zero-order chi connectivity index (χ0) is 20.3. The maximum absolute atomic E-state index is 12.9. The lowest BCUT2D eigenvalue weighted by Gasteiger charge is -2.12. The molecule has 0 aliphatic rings. The van der Waals surface area contributed by atoms with Crippen molar-refractivity contribution < 1.29 is 17.6 Å². The van der Waals surface area contributed by atoms with Gasteiger partial charge in [0.1, 0.15) is 11.6 Å². The minimum Gasteiger partial charge on any atom is -0.351 e. The summed E-state index contributed by atoms with van der Waals surface area (Å²) in [5, 5.41) is 2.36. The standard InChI is InChI=1S/C20H20FN3O3S/c1-14-3-4-15(2)18(11-14)24-10-9-22-20(24)28(26,27)13-19(25)23-12-16-5-7-17(21)8-6-16/h3-11H,12-13H2,1-2H3,(H,23,25). The highest BCUT2D eigenvalue weighted by Crippen LogP contribution is 2.20. The average Bonchev–Trinajstić information content (AvgIpc) is 3.13. The average molecular weight is 401 g/mol. The molecule has 0 atom stereocenters. The molecule has 6 nitrogen and oxygen atoms in total. The van der Waals surface area contributed by atoms with Crippen LogP contribution >= 0.6 is 0 Å². The van der Waals surface area contributed by atoms with Crippen LogP contribution in [0.2, 0.25) is 0 Å². The highest BCUT2D eigenvalue weighted by molar-refractivity contribution is 7.92. The molecule has 1 heterocycles. The Morgan fingerprint density at radius 3 is 2.57 bits per heavy atom. The van der Waals surface area contributed by atoms with Gasteiger partial charge in [-0.2, -0.15) is 0 Å². The number of rotatable bonds is 6. The number of hydrogen-bond donors (Lipinski definition) is 1. The van der Waals surface area contributed by atoms with E-state index in [1.807, 2.05) is 32.0 Å². The summed E-state index contributed by atoms with van der Waals surface area (Å²) in [6, 6.07) is 11.3. The van der Waals surface area contributed by atoms with Gasteiger partial charge in [-0.25, -0.2) is 17.8 Å². The molecule has 0 saturated heterocycles. The maximum atomic E-state index is 12.9. The third kappa shape index (κ3) is 4.45. The molecule has 3 rings (SSSR count). The fourth-order valence-corrected chi connectivity index (χ4v) is 4.03. The SMILES string of the molecule is Cc1ccc(C)c(-n2ccnc2S(=O)(=O)CC(=O)NCc2ccc(F)cc2)c1. The fourth-order valence-electron chi connectivity index (χ4n) is 2.77. The highest BCUT2D eigenvalue weighted by Gasteiger charge is 2.25. The molecule has 2 aromatic carbocycles. The first-order chi connectivity index (χ1) is 13.3. The molecule has 0 spiro atoms. The Hall–Kier alpha value is -3.00. The minimum absolute atomic E-state index is 0.111. The summed E-state index contributed by atoms with van der Waals surface area (Å²) in [6.07, 6.45) is 2.95. The smallest absolute Gasteiger partial charge is 0.235 e. The molecule has 0 unspecified atom stereocenters. The van der Waals surface area contributed by atoms with Crippen molar-refractivity contribution >= 4 is 15.7 Å². The van der Waals surface area contributed by atoms with Gasteiger partial charge in [-0.3, -0.25) is 9.36 Å². The predicted molar refractivity (Wildman–Crippen MR) is 103 cm³/mol. The third-order valence-electron chi connectivity index (χ3n) is 4.23. The van der Waals surface area contributed by atoms with Gasteiger partial charge in [-0.05, 0) is 48.7 Å². The molecule has 1 aromatic heterocycles. The molecular formula is C20H20FN3O3S. The van der Waals surface area contributed by atoms with E-state index in [0.717, 1.165) is 11.1 Å². The second kappa shape index (κ2) is 7.93. The Balaban J connectivity index is 1.76. The molecule has 0 fully saturated rings. The van der Waals surface area contributed by atoms with E-state index < -0.39 is 21.5 Å². The van der Waals surface area contributed by atoms with Crippen LogP contribution < -0.4 is 5.32 Å². The van der Waals surface area contributed by atoms with Crippen molar-refractivity contribution in [2.75, 3.05) is 5.75 Å². The molecule has 0 aliphatic heterocycles. The third-order valence-corrected chi connectivity index (χ3v) is 5.73. The molecule has 0 saturated carbocycles. The van der Waals surface area contributed by atoms with Crippen LogP contribution in [0.15, 0.2) is 60.0 Å². The largest absolute Gasteiger partial charge is 0.351 e. The number of halogens is 1. The van der Waals surface area contributed by atoms with Crippen LogP contribution in [0.3, 0.4) is 0 Å². The molecule has 3 aromatic rings. The number of nitrogens with zero attached hydrogens (tertiary/aromatic N) is 2. The first-order valence-electron chi connectivity index (χ1n) is 8.61. The van der Waals surface area contributed by atoms with Crippen molar-refractivity contribution in [1.29, 1.82) is 0 Å². The molecule has 8 heteroatoms. The van der Waals surface area contributed by atoms with Crippen molar-refractivity contribution in [2.45, 2.75) is 25.5 Å². The Bertz CT molecular complexity index is 1110. The number of hydrogen-bond acceptors (Lipinski definition) is 4. The Morgan fingerprint density at radius 1 is 1.14 bits per heavy atom. The number of imidazole rings is 1. The molecule has 0 aliphatic carbocycles. The summed E-state index contributed by atoms with van der Waals surface area (Å²) in [7, 11) is -3.96. The van der Waals surface area contributed by atoms with Crippen LogP contribution in [0.4, 0.5) is 4.39 Å². The van der Waals surface area contributed by atoms with Gasteiger partial charge in [-0.15, -0.1) is 0 Å². The van der Waals surface area contributed by atoms with Crippen LogP contribution in [0.1, 0.15) is 16.7 Å². The number of amides is 1. The van der Waals surface area contributed by atoms with Crippen molar-refractivity contribution in [3.63, 3.8) is 0 Å². The summed E-state index contributed by atoms with van der Waals surface area (Å²) in [6.45, 7) is 3.90. The molecule has 1 N–H and O–H groups in total. The molecule has 0 radical (unpaired) electrons. The van der Waals surface area contributed by atoms with Crippen molar-refractivity contribution in [3.05, 3.63) is 77.4 Å². The van der Waals surface area contributed by atoms with Crippen LogP contribution in [0.5, 0.6) is 0 Å². The van der Waals surface area contributed by atoms with Gasteiger partial charge >= 0.3 is 0 Å². The van der Waals surface area contributed by atoms with Crippen LogP contribution in [-0.4, -0.2) is 29.6 Å². The monoisotopic (exact) mass is 401 g/mol. The quantitative estimate of drug-likeness (QED) is 0.689. The highest BCUT2D eigenvalue weighted by atomic mass is 32.2. The number of nitrogens with one attached hydrogen (secondary N) is 1. The summed E-state index contributed by atoms with van der Waals surface area (Å²) in [5.74, 6) is -1.76. The lowest BCUT2D eigenvalue weighted by molar-refractivity contribution is -0.118. The van der Waals surface area contributed by atoms with Gasteiger partial charge in [0.15, 0.2) is 0 Å². The van der Waals surface area contributed by atoms with Gasteiger partial charge < -0.3 is 5.32 Å². The molecule has 28 heavy (non-hydrogen) atoms. The van der Waals surface area contributed by atoms with Crippen LogP contribution in [-0.2, 0) is 21.2 Å². The zero-order valence-electron chi connectivity index (χ0n) is 15.5. The Morgan fingerprint density at radius 2 is 1.86 bits per heavy atom. The summed E-state index contributed by atoms with van der Waals surface area (Å²) in [4.78, 5) is 16.1. The van der Waals surface area contributed by atoms with E-state index in [4.69, 9.17) is 0 Å². The number of carbonyl (C=O) groups is 1. The second-order valence-corrected chi connectivity index (χ2v) is 8.42. The van der Waals surface area contributed by atoms with Crippen molar-refractivity contribution in [1.82, 2.24) is 14.9 Å². The van der Waals surface area contributed by atoms with Gasteiger partial charge in [0, 0.05) is 18.9 Å². The number of aryl methyl sites for hydroxylation is 2. The van der Waals surface area contributed by atoms with E-state index in [-0.39, 0.29) is 17.5 Å². The van der Waals surface area contributed by atoms with E-state index in [9.17, 15) is 17.6 Å². The van der Waals surface area contributed by atoms with Crippen LogP contribution in [0.25, 0.3) is 5.69 Å². The lowest BCUT2D eigenvalue weighted by Crippen LogP contribution is -2.31. The first kappa shape index (κ1) is 19.8. The maximum Gasteiger partial charge on any atom is 0.235 e. The van der Waals surface area contributed by atoms with Gasteiger partial charge in [0.05, 0.1) is 5.69 Å². The number of aromatic nitrogens is 2. The van der Waals surface area contributed by atoms with Crippen molar-refractivity contribution in [2.24, 2.45) is 0 Å². The lowest BCUT2D eigenvalue weighted by atomic mass is 10.1. The van der Waals surface area contributed by atoms with Crippen molar-refractivity contribution in [3.8, 4) is 5.69 Å².